The Balaban J connectivity index is 3.45. The fourth-order valence-corrected chi connectivity index (χ4v) is 2.11. The summed E-state index contributed by atoms with van der Waals surface area (Å²) in [5.74, 6) is 1.54. The molecule has 90 valence electrons. The Bertz CT molecular complexity index is 372. The summed E-state index contributed by atoms with van der Waals surface area (Å²) in [6.45, 7) is 6.08. The molecule has 1 aromatic carbocycles. The number of hydrogen-bond donors (Lipinski definition) is 1. The summed E-state index contributed by atoms with van der Waals surface area (Å²) in [4.78, 5) is 0. The van der Waals surface area contributed by atoms with Crippen LogP contribution in [-0.2, 0) is 0 Å². The van der Waals surface area contributed by atoms with Gasteiger partial charge in [0.25, 0.3) is 0 Å². The first-order chi connectivity index (χ1) is 7.56. The molecule has 0 aliphatic rings. The van der Waals surface area contributed by atoms with Crippen molar-refractivity contribution in [2.75, 3.05) is 20.8 Å². The van der Waals surface area contributed by atoms with Crippen LogP contribution in [-0.4, -0.2) is 25.9 Å². The van der Waals surface area contributed by atoms with Crippen molar-refractivity contribution >= 4 is 0 Å². The maximum Gasteiger partial charge on any atom is 0.164 e. The number of hydrogen-bond acceptors (Lipinski definition) is 3. The second-order valence-corrected chi connectivity index (χ2v) is 4.07. The maximum absolute atomic E-state index is 9.27. The van der Waals surface area contributed by atoms with E-state index in [2.05, 4.69) is 6.07 Å². The van der Waals surface area contributed by atoms with E-state index in [1.807, 2.05) is 20.8 Å². The third kappa shape index (κ3) is 2.14. The fraction of sp³-hybridized carbons (Fsp3) is 0.538. The van der Waals surface area contributed by atoms with Gasteiger partial charge in [0.15, 0.2) is 11.5 Å². The number of aliphatic hydroxyl groups is 1. The van der Waals surface area contributed by atoms with E-state index in [1.165, 1.54) is 0 Å². The van der Waals surface area contributed by atoms with Crippen LogP contribution in [0.5, 0.6) is 11.5 Å². The number of aliphatic hydroxyl groups excluding tert-OH is 1. The summed E-state index contributed by atoms with van der Waals surface area (Å²) in [5.41, 5.74) is 3.19. The molecule has 1 aromatic rings. The molecular weight excluding hydrogens is 204 g/mol. The average molecular weight is 224 g/mol. The van der Waals surface area contributed by atoms with Crippen molar-refractivity contribution in [3.63, 3.8) is 0 Å². The second kappa shape index (κ2) is 5.21. The van der Waals surface area contributed by atoms with Crippen molar-refractivity contribution in [2.24, 2.45) is 0 Å². The van der Waals surface area contributed by atoms with Crippen LogP contribution in [0.2, 0.25) is 0 Å². The maximum atomic E-state index is 9.27. The Morgan fingerprint density at radius 2 is 1.69 bits per heavy atom. The monoisotopic (exact) mass is 224 g/mol. The van der Waals surface area contributed by atoms with Gasteiger partial charge in [-0.15, -0.1) is 0 Å². The first-order valence-electron chi connectivity index (χ1n) is 5.39. The van der Waals surface area contributed by atoms with Crippen molar-refractivity contribution < 1.29 is 14.6 Å². The highest BCUT2D eigenvalue weighted by Crippen LogP contribution is 2.40. The Hall–Kier alpha value is -1.22. The molecule has 0 amide bonds. The van der Waals surface area contributed by atoms with Crippen LogP contribution < -0.4 is 9.47 Å². The standard InChI is InChI=1S/C13H20O3/c1-8-6-9(2)12(15-4)13(16-5)11(8)10(3)7-14/h6,10,14H,7H2,1-5H3. The molecule has 16 heavy (non-hydrogen) atoms. The van der Waals surface area contributed by atoms with Crippen LogP contribution in [0, 0.1) is 13.8 Å². The third-order valence-electron chi connectivity index (χ3n) is 2.84. The molecule has 0 aromatic heterocycles. The Kier molecular flexibility index (Phi) is 4.19. The molecule has 1 atom stereocenters. The van der Waals surface area contributed by atoms with Crippen molar-refractivity contribution in [3.05, 3.63) is 22.8 Å². The zero-order chi connectivity index (χ0) is 12.3. The molecule has 0 bridgehead atoms. The van der Waals surface area contributed by atoms with Gasteiger partial charge in [-0.05, 0) is 25.0 Å². The second-order valence-electron chi connectivity index (χ2n) is 4.07. The molecule has 0 spiro atoms. The van der Waals surface area contributed by atoms with Crippen molar-refractivity contribution in [2.45, 2.75) is 26.7 Å². The van der Waals surface area contributed by atoms with Crippen LogP contribution in [0.3, 0.4) is 0 Å². The summed E-state index contributed by atoms with van der Waals surface area (Å²) in [6.07, 6.45) is 0. The lowest BCUT2D eigenvalue weighted by Gasteiger charge is -2.20. The zero-order valence-corrected chi connectivity index (χ0v) is 10.6. The molecule has 3 heteroatoms. The van der Waals surface area contributed by atoms with Gasteiger partial charge in [-0.2, -0.15) is 0 Å². The van der Waals surface area contributed by atoms with Gasteiger partial charge in [-0.1, -0.05) is 13.0 Å². The molecule has 0 saturated heterocycles. The summed E-state index contributed by atoms with van der Waals surface area (Å²) in [7, 11) is 3.26. The lowest BCUT2D eigenvalue weighted by molar-refractivity contribution is 0.267. The molecule has 0 aliphatic carbocycles. The summed E-state index contributed by atoms with van der Waals surface area (Å²) in [6, 6.07) is 2.06. The van der Waals surface area contributed by atoms with Gasteiger partial charge in [-0.25, -0.2) is 0 Å². The smallest absolute Gasteiger partial charge is 0.164 e. The molecule has 1 N–H and O–H groups in total. The van der Waals surface area contributed by atoms with Crippen LogP contribution in [0.1, 0.15) is 29.5 Å². The van der Waals surface area contributed by atoms with Gasteiger partial charge in [0.1, 0.15) is 0 Å². The van der Waals surface area contributed by atoms with Gasteiger partial charge < -0.3 is 14.6 Å². The molecule has 0 aliphatic heterocycles. The Labute approximate surface area is 97.0 Å². The fourth-order valence-electron chi connectivity index (χ4n) is 2.11. The minimum atomic E-state index is 0.0458. The topological polar surface area (TPSA) is 38.7 Å². The molecule has 0 radical (unpaired) electrons. The minimum absolute atomic E-state index is 0.0458. The van der Waals surface area contributed by atoms with Gasteiger partial charge >= 0.3 is 0 Å². The number of benzene rings is 1. The molecule has 1 rings (SSSR count). The van der Waals surface area contributed by atoms with E-state index in [-0.39, 0.29) is 12.5 Å². The largest absolute Gasteiger partial charge is 0.493 e. The quantitative estimate of drug-likeness (QED) is 0.853. The SMILES string of the molecule is COc1c(C)cc(C)c(C(C)CO)c1OC. The number of methoxy groups -OCH3 is 2. The molecule has 3 nitrogen and oxygen atoms in total. The number of rotatable bonds is 4. The summed E-state index contributed by atoms with van der Waals surface area (Å²) >= 11 is 0. The van der Waals surface area contributed by atoms with Gasteiger partial charge in [0.05, 0.1) is 14.2 Å². The first kappa shape index (κ1) is 12.8. The van der Waals surface area contributed by atoms with Crippen molar-refractivity contribution in [3.8, 4) is 11.5 Å². The Morgan fingerprint density at radius 1 is 1.12 bits per heavy atom. The predicted octanol–water partition coefficient (Wildman–Crippen LogP) is 2.42. The Morgan fingerprint density at radius 3 is 2.12 bits per heavy atom. The highest BCUT2D eigenvalue weighted by molar-refractivity contribution is 5.56. The normalized spacial score (nSPS) is 12.4. The minimum Gasteiger partial charge on any atom is -0.493 e. The zero-order valence-electron chi connectivity index (χ0n) is 10.6. The highest BCUT2D eigenvalue weighted by Gasteiger charge is 2.19. The molecule has 0 fully saturated rings. The third-order valence-corrected chi connectivity index (χ3v) is 2.84. The predicted molar refractivity (Wildman–Crippen MR) is 64.5 cm³/mol. The molecular formula is C13H20O3. The van der Waals surface area contributed by atoms with E-state index in [0.29, 0.717) is 0 Å². The van der Waals surface area contributed by atoms with E-state index in [9.17, 15) is 5.11 Å². The van der Waals surface area contributed by atoms with Gasteiger partial charge in [0, 0.05) is 18.1 Å². The molecule has 1 unspecified atom stereocenters. The van der Waals surface area contributed by atoms with E-state index >= 15 is 0 Å². The summed E-state index contributed by atoms with van der Waals surface area (Å²) in [5, 5.41) is 9.27. The van der Waals surface area contributed by atoms with Crippen molar-refractivity contribution in [1.29, 1.82) is 0 Å². The van der Waals surface area contributed by atoms with Crippen molar-refractivity contribution in [1.82, 2.24) is 0 Å². The van der Waals surface area contributed by atoms with Crippen LogP contribution in [0.25, 0.3) is 0 Å². The highest BCUT2D eigenvalue weighted by atomic mass is 16.5. The summed E-state index contributed by atoms with van der Waals surface area (Å²) < 4.78 is 10.8. The first-order valence-corrected chi connectivity index (χ1v) is 5.39. The van der Waals surface area contributed by atoms with Crippen LogP contribution >= 0.6 is 0 Å². The van der Waals surface area contributed by atoms with E-state index in [0.717, 1.165) is 28.2 Å². The number of ether oxygens (including phenoxy) is 2. The number of aryl methyl sites for hydroxylation is 2. The van der Waals surface area contributed by atoms with Gasteiger partial charge in [0.2, 0.25) is 0 Å². The lowest BCUT2D eigenvalue weighted by atomic mass is 9.93. The van der Waals surface area contributed by atoms with E-state index in [1.54, 1.807) is 14.2 Å². The van der Waals surface area contributed by atoms with E-state index in [4.69, 9.17) is 9.47 Å². The average Bonchev–Trinajstić information content (AvgIpc) is 2.27. The van der Waals surface area contributed by atoms with Crippen LogP contribution in [0.15, 0.2) is 6.07 Å². The lowest BCUT2D eigenvalue weighted by Crippen LogP contribution is -2.06. The van der Waals surface area contributed by atoms with E-state index < -0.39 is 0 Å². The molecule has 0 heterocycles. The van der Waals surface area contributed by atoms with Gasteiger partial charge in [-0.3, -0.25) is 0 Å². The molecule has 0 saturated carbocycles. The van der Waals surface area contributed by atoms with Crippen LogP contribution in [0.4, 0.5) is 0 Å².